The fraction of sp³-hybridized carbons (Fsp3) is 0.0909. The molecular weight excluding hydrogens is 305 g/mol. The second-order valence-corrected chi connectivity index (χ2v) is 4.32. The van der Waals surface area contributed by atoms with E-state index in [0.717, 1.165) is 10.0 Å². The number of H-pyrrole nitrogens is 1. The molecule has 0 aromatic carbocycles. The van der Waals surface area contributed by atoms with Crippen molar-refractivity contribution in [1.82, 2.24) is 15.2 Å². The minimum atomic E-state index is 0.363. The summed E-state index contributed by atoms with van der Waals surface area (Å²) in [5, 5.41) is 6.89. The lowest BCUT2D eigenvalue weighted by Crippen LogP contribution is -1.83. The standard InChI is InChI=1S/C11H11BrClN3O/c1-3-17-7-8(2)10-4-11(13)16-15-6-9(12)5-14-10/h3-7,16H,1H2,2H3/b8-7+,9-5?,11-4?,14-10?,15-6?. The fourth-order valence-corrected chi connectivity index (χ4v) is 1.29. The predicted octanol–water partition coefficient (Wildman–Crippen LogP) is 3.87. The minimum Gasteiger partial charge on any atom is -0.473 e. The molecule has 1 rings (SSSR count). The number of allylic oxidation sites excluding steroid dienone is 1. The summed E-state index contributed by atoms with van der Waals surface area (Å²) < 4.78 is 5.70. The van der Waals surface area contributed by atoms with Crippen molar-refractivity contribution in [2.75, 3.05) is 0 Å². The van der Waals surface area contributed by atoms with Crippen LogP contribution < -0.4 is 0 Å². The van der Waals surface area contributed by atoms with Crippen LogP contribution in [0.4, 0.5) is 0 Å². The van der Waals surface area contributed by atoms with Gasteiger partial charge in [0, 0.05) is 17.8 Å². The summed E-state index contributed by atoms with van der Waals surface area (Å²) in [6.45, 7) is 5.30. The Hall–Kier alpha value is -1.33. The SMILES string of the molecule is C=CO/C=C(\C)c1cc(Cl)[nH]ncc(Br)cn1. The Morgan fingerprint density at radius 1 is 1.59 bits per heavy atom. The fourth-order valence-electron chi connectivity index (χ4n) is 0.936. The van der Waals surface area contributed by atoms with E-state index in [1.165, 1.54) is 12.5 Å². The second-order valence-electron chi connectivity index (χ2n) is 2.99. The summed E-state index contributed by atoms with van der Waals surface area (Å²) in [7, 11) is 0. The van der Waals surface area contributed by atoms with E-state index >= 15 is 0 Å². The molecule has 0 aliphatic heterocycles. The lowest BCUT2D eigenvalue weighted by Gasteiger charge is -1.97. The molecule has 1 aromatic heterocycles. The Morgan fingerprint density at radius 2 is 2.35 bits per heavy atom. The highest BCUT2D eigenvalue weighted by Crippen LogP contribution is 2.13. The van der Waals surface area contributed by atoms with Crippen molar-refractivity contribution >= 4 is 33.1 Å². The molecular formula is C11H11BrClN3O. The average Bonchev–Trinajstić information content (AvgIpc) is 2.38. The molecule has 0 amide bonds. The van der Waals surface area contributed by atoms with Gasteiger partial charge < -0.3 is 4.74 Å². The van der Waals surface area contributed by atoms with Crippen LogP contribution in [0, 0.1) is 0 Å². The van der Waals surface area contributed by atoms with Crippen molar-refractivity contribution in [2.24, 2.45) is 0 Å². The van der Waals surface area contributed by atoms with Crippen molar-refractivity contribution in [3.05, 3.63) is 52.9 Å². The van der Waals surface area contributed by atoms with Gasteiger partial charge in [-0.3, -0.25) is 10.1 Å². The monoisotopic (exact) mass is 315 g/mol. The van der Waals surface area contributed by atoms with Crippen LogP contribution in [0.15, 0.2) is 42.0 Å². The van der Waals surface area contributed by atoms with Crippen molar-refractivity contribution in [3.8, 4) is 0 Å². The first-order chi connectivity index (χ1) is 8.13. The van der Waals surface area contributed by atoms with Crippen LogP contribution in [-0.2, 0) is 4.74 Å². The van der Waals surface area contributed by atoms with E-state index in [1.807, 2.05) is 6.92 Å². The van der Waals surface area contributed by atoms with Crippen molar-refractivity contribution in [1.29, 1.82) is 0 Å². The summed E-state index contributed by atoms with van der Waals surface area (Å²) in [5.41, 5.74) is 1.47. The predicted molar refractivity (Wildman–Crippen MR) is 71.7 cm³/mol. The third kappa shape index (κ3) is 5.01. The Balaban J connectivity index is 3.28. The molecule has 1 N–H and O–H groups in total. The maximum atomic E-state index is 5.92. The van der Waals surface area contributed by atoms with Gasteiger partial charge >= 0.3 is 0 Å². The molecule has 0 atom stereocenters. The van der Waals surface area contributed by atoms with E-state index in [-0.39, 0.29) is 0 Å². The molecule has 0 unspecified atom stereocenters. The van der Waals surface area contributed by atoms with Gasteiger partial charge in [-0.25, -0.2) is 0 Å². The molecule has 1 aromatic rings. The van der Waals surface area contributed by atoms with Crippen LogP contribution in [-0.4, -0.2) is 15.2 Å². The molecule has 0 bridgehead atoms. The minimum absolute atomic E-state index is 0.363. The molecule has 6 heteroatoms. The number of nitrogens with zero attached hydrogens (tertiary/aromatic N) is 2. The maximum absolute atomic E-state index is 5.92. The highest BCUT2D eigenvalue weighted by atomic mass is 79.9. The van der Waals surface area contributed by atoms with Gasteiger partial charge in [-0.15, -0.1) is 0 Å². The van der Waals surface area contributed by atoms with Gasteiger partial charge in [0.1, 0.15) is 5.15 Å². The molecule has 0 saturated carbocycles. The van der Waals surface area contributed by atoms with E-state index in [0.29, 0.717) is 10.8 Å². The number of ether oxygens (including phenoxy) is 1. The zero-order chi connectivity index (χ0) is 12.7. The van der Waals surface area contributed by atoms with E-state index < -0.39 is 0 Å². The van der Waals surface area contributed by atoms with E-state index in [9.17, 15) is 0 Å². The number of nitrogens with one attached hydrogen (secondary N) is 1. The van der Waals surface area contributed by atoms with Crippen LogP contribution in [0.3, 0.4) is 0 Å². The lowest BCUT2D eigenvalue weighted by molar-refractivity contribution is 0.406. The summed E-state index contributed by atoms with van der Waals surface area (Å²) in [6.07, 6.45) is 6.05. The van der Waals surface area contributed by atoms with Crippen LogP contribution in [0.1, 0.15) is 12.6 Å². The number of hydrogen-bond donors (Lipinski definition) is 1. The normalized spacial score (nSPS) is 10.6. The molecule has 0 aliphatic carbocycles. The topological polar surface area (TPSA) is 50.8 Å². The molecule has 0 fully saturated rings. The van der Waals surface area contributed by atoms with Crippen LogP contribution in [0.25, 0.3) is 5.57 Å². The molecule has 0 aliphatic rings. The van der Waals surface area contributed by atoms with Gasteiger partial charge in [-0.1, -0.05) is 18.2 Å². The Kier molecular flexibility index (Phi) is 5.72. The highest BCUT2D eigenvalue weighted by molar-refractivity contribution is 9.10. The maximum Gasteiger partial charge on any atom is 0.124 e. The van der Waals surface area contributed by atoms with Crippen LogP contribution >= 0.6 is 27.5 Å². The molecule has 0 spiro atoms. The number of aromatic nitrogens is 3. The molecule has 4 nitrogen and oxygen atoms in total. The molecule has 0 saturated heterocycles. The van der Waals surface area contributed by atoms with E-state index in [4.69, 9.17) is 16.3 Å². The van der Waals surface area contributed by atoms with E-state index in [2.05, 4.69) is 37.7 Å². The van der Waals surface area contributed by atoms with Crippen molar-refractivity contribution < 1.29 is 4.74 Å². The molecule has 17 heavy (non-hydrogen) atoms. The average molecular weight is 317 g/mol. The highest BCUT2D eigenvalue weighted by Gasteiger charge is 1.97. The zero-order valence-corrected chi connectivity index (χ0v) is 11.5. The second kappa shape index (κ2) is 7.09. The van der Waals surface area contributed by atoms with Gasteiger partial charge in [0.15, 0.2) is 0 Å². The van der Waals surface area contributed by atoms with Gasteiger partial charge in [0.2, 0.25) is 0 Å². The summed E-state index contributed by atoms with van der Waals surface area (Å²) >= 11 is 9.20. The molecule has 90 valence electrons. The van der Waals surface area contributed by atoms with E-state index in [1.54, 1.807) is 18.5 Å². The Morgan fingerprint density at radius 3 is 3.06 bits per heavy atom. The Bertz CT molecular complexity index is 484. The van der Waals surface area contributed by atoms with Crippen LogP contribution in [0.5, 0.6) is 0 Å². The summed E-state index contributed by atoms with van der Waals surface area (Å²) in [5.74, 6) is 0. The zero-order valence-electron chi connectivity index (χ0n) is 9.15. The smallest absolute Gasteiger partial charge is 0.124 e. The third-order valence-corrected chi connectivity index (χ3v) is 2.30. The van der Waals surface area contributed by atoms with Gasteiger partial charge in [-0.05, 0) is 22.9 Å². The number of hydrogen-bond acceptors (Lipinski definition) is 3. The summed E-state index contributed by atoms with van der Waals surface area (Å²) in [6, 6.07) is 1.65. The number of rotatable bonds is 3. The number of aromatic amines is 1. The third-order valence-electron chi connectivity index (χ3n) is 1.69. The Labute approximate surface area is 113 Å². The van der Waals surface area contributed by atoms with Gasteiger partial charge in [0.25, 0.3) is 0 Å². The van der Waals surface area contributed by atoms with Gasteiger partial charge in [0.05, 0.1) is 28.9 Å². The van der Waals surface area contributed by atoms with Crippen molar-refractivity contribution in [2.45, 2.75) is 6.92 Å². The molecule has 0 radical (unpaired) electrons. The molecule has 1 heterocycles. The van der Waals surface area contributed by atoms with Crippen molar-refractivity contribution in [3.63, 3.8) is 0 Å². The first-order valence-corrected chi connectivity index (χ1v) is 5.84. The number of halogens is 2. The summed E-state index contributed by atoms with van der Waals surface area (Å²) in [4.78, 5) is 4.26. The first-order valence-electron chi connectivity index (χ1n) is 4.66. The lowest BCUT2D eigenvalue weighted by atomic mass is 10.2. The van der Waals surface area contributed by atoms with Crippen LogP contribution in [0.2, 0.25) is 5.15 Å². The first kappa shape index (κ1) is 13.7. The quantitative estimate of drug-likeness (QED) is 0.861. The largest absolute Gasteiger partial charge is 0.473 e. The van der Waals surface area contributed by atoms with Gasteiger partial charge in [-0.2, -0.15) is 5.10 Å².